The molecular weight excluding hydrogens is 1070 g/mol. The van der Waals surface area contributed by atoms with E-state index >= 15 is 0 Å². The summed E-state index contributed by atoms with van der Waals surface area (Å²) in [6.45, 7) is 27.9. The van der Waals surface area contributed by atoms with Crippen molar-refractivity contribution in [3.63, 3.8) is 0 Å². The largest absolute Gasteiger partial charge is 0.311 e. The van der Waals surface area contributed by atoms with Gasteiger partial charge in [0.15, 0.2) is 0 Å². The van der Waals surface area contributed by atoms with Crippen LogP contribution in [0, 0.1) is 0 Å². The minimum absolute atomic E-state index is 0.0275. The molecular formula is C82H74BN5. The first-order chi connectivity index (χ1) is 42.2. The van der Waals surface area contributed by atoms with Gasteiger partial charge in [-0.3, -0.25) is 0 Å². The molecule has 3 aromatic heterocycles. The molecule has 0 aliphatic carbocycles. The number of hydrogen-bond acceptors (Lipinski definition) is 2. The van der Waals surface area contributed by atoms with Crippen molar-refractivity contribution in [1.82, 2.24) is 13.7 Å². The summed E-state index contributed by atoms with van der Waals surface area (Å²) in [6, 6.07) is 88.6. The molecule has 6 heteroatoms. The van der Waals surface area contributed by atoms with E-state index in [2.05, 4.69) is 337 Å². The number of benzene rings is 11. The van der Waals surface area contributed by atoms with Crippen LogP contribution in [0.15, 0.2) is 231 Å². The second-order valence-corrected chi connectivity index (χ2v) is 29.1. The topological polar surface area (TPSA) is 21.3 Å². The summed E-state index contributed by atoms with van der Waals surface area (Å²) in [5, 5.41) is 7.30. The van der Waals surface area contributed by atoms with Crippen LogP contribution in [0.3, 0.4) is 0 Å². The van der Waals surface area contributed by atoms with Gasteiger partial charge >= 0.3 is 0 Å². The smallest absolute Gasteiger partial charge is 0.252 e. The molecule has 5 nitrogen and oxygen atoms in total. The van der Waals surface area contributed by atoms with Crippen LogP contribution in [0.2, 0.25) is 0 Å². The van der Waals surface area contributed by atoms with E-state index in [0.29, 0.717) is 0 Å². The molecule has 0 fully saturated rings. The van der Waals surface area contributed by atoms with Crippen LogP contribution in [-0.4, -0.2) is 20.4 Å². The molecule has 430 valence electrons. The van der Waals surface area contributed by atoms with Gasteiger partial charge in [-0.2, -0.15) is 0 Å². The van der Waals surface area contributed by atoms with E-state index in [0.717, 1.165) is 39.5 Å². The van der Waals surface area contributed by atoms with E-state index in [1.807, 2.05) is 0 Å². The molecule has 0 saturated heterocycles. The number of rotatable bonds is 5. The Morgan fingerprint density at radius 2 is 0.568 bits per heavy atom. The number of para-hydroxylation sites is 6. The summed E-state index contributed by atoms with van der Waals surface area (Å²) in [6.07, 6.45) is 0. The Kier molecular flexibility index (Phi) is 11.6. The van der Waals surface area contributed by atoms with Crippen LogP contribution in [0.1, 0.15) is 105 Å². The molecule has 2 aliphatic heterocycles. The van der Waals surface area contributed by atoms with E-state index in [9.17, 15) is 0 Å². The Morgan fingerprint density at radius 1 is 0.250 bits per heavy atom. The summed E-state index contributed by atoms with van der Waals surface area (Å²) in [4.78, 5) is 5.23. The first-order valence-corrected chi connectivity index (χ1v) is 31.5. The van der Waals surface area contributed by atoms with Crippen LogP contribution in [0.25, 0.3) is 82.5 Å². The van der Waals surface area contributed by atoms with Gasteiger partial charge in [-0.1, -0.05) is 229 Å². The second kappa shape index (κ2) is 19.0. The van der Waals surface area contributed by atoms with Gasteiger partial charge in [0.25, 0.3) is 6.71 Å². The van der Waals surface area contributed by atoms with E-state index in [1.54, 1.807) is 0 Å². The molecule has 0 N–H and O–H groups in total. The van der Waals surface area contributed by atoms with Crippen molar-refractivity contribution in [3.8, 4) is 17.1 Å². The van der Waals surface area contributed by atoms with Crippen LogP contribution < -0.4 is 26.2 Å². The average Bonchev–Trinajstić information content (AvgIpc) is 1.28. The van der Waals surface area contributed by atoms with Crippen LogP contribution >= 0.6 is 0 Å². The minimum atomic E-state index is -0.0941. The SMILES string of the molecule is CC(C)(C)c1ccc(N2c3ccc(C(C)(C)C)cc3B3c4cc(C(C)(C)C)ccc4N(c4ccc(C(C)(C)C)cc4)c4cc(-n5c6c(-n7c8ccccc8c8ccccc87)cccc6c6cccc(-n7c8ccccc8c8ccccc87)c65)cc2c43)cc1. The zero-order valence-electron chi connectivity index (χ0n) is 52.8. The van der Waals surface area contributed by atoms with Crippen molar-refractivity contribution in [3.05, 3.63) is 253 Å². The van der Waals surface area contributed by atoms with Gasteiger partial charge in [0.1, 0.15) is 0 Å². The molecule has 0 atom stereocenters. The summed E-state index contributed by atoms with van der Waals surface area (Å²) in [5.41, 5.74) is 26.2. The molecule has 0 radical (unpaired) electrons. The van der Waals surface area contributed by atoms with Gasteiger partial charge < -0.3 is 23.5 Å². The third-order valence-electron chi connectivity index (χ3n) is 19.4. The highest BCUT2D eigenvalue weighted by molar-refractivity contribution is 7.00. The number of nitrogens with zero attached hydrogens (tertiary/aromatic N) is 5. The van der Waals surface area contributed by atoms with Gasteiger partial charge in [-0.05, 0) is 145 Å². The Bertz CT molecular complexity index is 4770. The maximum absolute atomic E-state index is 2.66. The lowest BCUT2D eigenvalue weighted by molar-refractivity contribution is 0.590. The first kappa shape index (κ1) is 53.9. The van der Waals surface area contributed by atoms with Crippen molar-refractivity contribution in [2.24, 2.45) is 0 Å². The van der Waals surface area contributed by atoms with Gasteiger partial charge in [-0.25, -0.2) is 0 Å². The monoisotopic (exact) mass is 1140 g/mol. The quantitative estimate of drug-likeness (QED) is 0.160. The molecule has 88 heavy (non-hydrogen) atoms. The fourth-order valence-corrected chi connectivity index (χ4v) is 14.9. The molecule has 0 amide bonds. The summed E-state index contributed by atoms with van der Waals surface area (Å²) in [5.74, 6) is 0. The first-order valence-electron chi connectivity index (χ1n) is 31.5. The van der Waals surface area contributed by atoms with Crippen molar-refractivity contribution < 1.29 is 0 Å². The van der Waals surface area contributed by atoms with Gasteiger partial charge in [0, 0.05) is 66.4 Å². The normalized spacial score (nSPS) is 13.6. The Morgan fingerprint density at radius 3 is 0.909 bits per heavy atom. The van der Waals surface area contributed by atoms with Gasteiger partial charge in [0.05, 0.1) is 50.2 Å². The van der Waals surface area contributed by atoms with Crippen LogP contribution in [0.5, 0.6) is 0 Å². The lowest BCUT2D eigenvalue weighted by Gasteiger charge is -2.45. The molecule has 0 unspecified atom stereocenters. The van der Waals surface area contributed by atoms with Crippen molar-refractivity contribution in [2.45, 2.75) is 105 Å². The average molecular weight is 1140 g/mol. The predicted octanol–water partition coefficient (Wildman–Crippen LogP) is 20.3. The highest BCUT2D eigenvalue weighted by Crippen LogP contribution is 2.50. The Balaban J connectivity index is 1.11. The zero-order valence-corrected chi connectivity index (χ0v) is 52.8. The molecule has 0 spiro atoms. The van der Waals surface area contributed by atoms with Gasteiger partial charge in [0.2, 0.25) is 0 Å². The van der Waals surface area contributed by atoms with Crippen LogP contribution in [0.4, 0.5) is 34.1 Å². The summed E-state index contributed by atoms with van der Waals surface area (Å²) < 4.78 is 7.71. The maximum Gasteiger partial charge on any atom is 0.252 e. The molecule has 16 rings (SSSR count). The minimum Gasteiger partial charge on any atom is -0.311 e. The van der Waals surface area contributed by atoms with E-state index in [-0.39, 0.29) is 28.4 Å². The standard InChI is InChI=1S/C82H74BN5/c1-79(2,3)51-35-41-55(42-36-51)84-70-45-39-53(81(7,8)9)47-64(70)83-65-48-54(82(10,11)12)40-46-71(65)85(56-43-37-52(38-44-56)80(4,5)6)75-50-57(49-74(84)76(75)83)86-77-62(27-21-33-72(77)87-66-29-17-13-23-58(66)59-24-14-18-30-67(59)87)63-28-22-34-73(78(63)86)88-68-31-19-15-25-60(68)61-26-16-20-32-69(61)88/h13-50H,1-12H3. The predicted molar refractivity (Wildman–Crippen MR) is 378 cm³/mol. The zero-order chi connectivity index (χ0) is 60.5. The van der Waals surface area contributed by atoms with E-state index in [1.165, 1.54) is 116 Å². The lowest BCUT2D eigenvalue weighted by Crippen LogP contribution is -2.61. The second-order valence-electron chi connectivity index (χ2n) is 29.1. The highest BCUT2D eigenvalue weighted by atomic mass is 15.2. The molecule has 2 aliphatic rings. The Hall–Kier alpha value is -9.52. The summed E-state index contributed by atoms with van der Waals surface area (Å²) >= 11 is 0. The maximum atomic E-state index is 2.66. The fourth-order valence-electron chi connectivity index (χ4n) is 14.9. The Labute approximate surface area is 517 Å². The number of fused-ring (bicyclic) bond motifs is 13. The third kappa shape index (κ3) is 8.06. The number of aromatic nitrogens is 3. The van der Waals surface area contributed by atoms with Crippen molar-refractivity contribution in [1.29, 1.82) is 0 Å². The van der Waals surface area contributed by atoms with Crippen LogP contribution in [-0.2, 0) is 21.7 Å². The number of anilines is 6. The fraction of sp³-hybridized carbons (Fsp3) is 0.195. The van der Waals surface area contributed by atoms with Gasteiger partial charge in [-0.15, -0.1) is 0 Å². The van der Waals surface area contributed by atoms with Crippen molar-refractivity contribution >= 4 is 123 Å². The summed E-state index contributed by atoms with van der Waals surface area (Å²) in [7, 11) is 0. The highest BCUT2D eigenvalue weighted by Gasteiger charge is 2.45. The molecule has 14 aromatic rings. The third-order valence-corrected chi connectivity index (χ3v) is 19.4. The molecule has 11 aromatic carbocycles. The van der Waals surface area contributed by atoms with E-state index < -0.39 is 0 Å². The molecule has 5 heterocycles. The van der Waals surface area contributed by atoms with Crippen molar-refractivity contribution in [2.75, 3.05) is 9.80 Å². The molecule has 0 saturated carbocycles. The molecule has 0 bridgehead atoms. The lowest BCUT2D eigenvalue weighted by atomic mass is 9.33. The van der Waals surface area contributed by atoms with E-state index in [4.69, 9.17) is 0 Å². The number of hydrogen-bond donors (Lipinski definition) is 0.